The van der Waals surface area contributed by atoms with E-state index in [0.29, 0.717) is 23.1 Å². The van der Waals surface area contributed by atoms with Crippen molar-refractivity contribution in [2.24, 2.45) is 16.6 Å². The van der Waals surface area contributed by atoms with Crippen LogP contribution in [0.15, 0.2) is 45.9 Å². The standard InChI is InChI=1S/C21H21BrF2N2O3/c1-27-14-4-2-12(3-5-14)9-28-10-13-6-18(24)15(7-17(13)22)21(11-23)16-8-19(16)29-20(25)26-21/h2-7,16,19H,8-11H2,1H3,(H2,25,26). The minimum Gasteiger partial charge on any atom is -0.497 e. The molecule has 1 aliphatic heterocycles. The van der Waals surface area contributed by atoms with Crippen LogP contribution in [0.3, 0.4) is 0 Å². The van der Waals surface area contributed by atoms with Crippen molar-refractivity contribution in [1.29, 1.82) is 0 Å². The molecule has 29 heavy (non-hydrogen) atoms. The van der Waals surface area contributed by atoms with Crippen LogP contribution >= 0.6 is 15.9 Å². The van der Waals surface area contributed by atoms with Crippen LogP contribution < -0.4 is 10.5 Å². The SMILES string of the molecule is COc1ccc(COCc2cc(F)c(C3(CF)N=C(N)OC4CC43)cc2Br)cc1. The monoisotopic (exact) mass is 466 g/mol. The van der Waals surface area contributed by atoms with E-state index in [2.05, 4.69) is 20.9 Å². The summed E-state index contributed by atoms with van der Waals surface area (Å²) in [5.41, 5.74) is 6.15. The number of ether oxygens (including phenoxy) is 3. The van der Waals surface area contributed by atoms with Crippen molar-refractivity contribution >= 4 is 22.0 Å². The Kier molecular flexibility index (Phi) is 5.48. The maximum absolute atomic E-state index is 15.0. The summed E-state index contributed by atoms with van der Waals surface area (Å²) in [5, 5.41) is 0. The van der Waals surface area contributed by atoms with E-state index in [1.807, 2.05) is 24.3 Å². The van der Waals surface area contributed by atoms with Gasteiger partial charge in [0.2, 0.25) is 0 Å². The van der Waals surface area contributed by atoms with Crippen LogP contribution in [0.25, 0.3) is 0 Å². The van der Waals surface area contributed by atoms with E-state index in [1.165, 1.54) is 6.07 Å². The van der Waals surface area contributed by atoms with Crippen molar-refractivity contribution in [3.8, 4) is 5.75 Å². The van der Waals surface area contributed by atoms with Gasteiger partial charge in [-0.05, 0) is 41.8 Å². The highest BCUT2D eigenvalue weighted by Crippen LogP contribution is 2.54. The zero-order valence-electron chi connectivity index (χ0n) is 15.8. The number of rotatable bonds is 7. The summed E-state index contributed by atoms with van der Waals surface area (Å²) in [6.45, 7) is -0.266. The Morgan fingerprint density at radius 1 is 1.28 bits per heavy atom. The average molecular weight is 467 g/mol. The van der Waals surface area contributed by atoms with Gasteiger partial charge in [-0.3, -0.25) is 0 Å². The van der Waals surface area contributed by atoms with Gasteiger partial charge in [0.05, 0.1) is 20.3 Å². The molecule has 3 unspecified atom stereocenters. The minimum atomic E-state index is -1.33. The Labute approximate surface area is 176 Å². The number of methoxy groups -OCH3 is 1. The molecule has 5 nitrogen and oxygen atoms in total. The van der Waals surface area contributed by atoms with Crippen LogP contribution in [0.1, 0.15) is 23.1 Å². The van der Waals surface area contributed by atoms with Crippen molar-refractivity contribution in [2.75, 3.05) is 13.8 Å². The third kappa shape index (κ3) is 3.83. The second kappa shape index (κ2) is 7.91. The number of amidine groups is 1. The van der Waals surface area contributed by atoms with Crippen molar-refractivity contribution < 1.29 is 23.0 Å². The molecular weight excluding hydrogens is 446 g/mol. The molecule has 154 valence electrons. The zero-order chi connectivity index (χ0) is 20.6. The van der Waals surface area contributed by atoms with E-state index in [9.17, 15) is 8.78 Å². The van der Waals surface area contributed by atoms with Crippen molar-refractivity contribution in [3.63, 3.8) is 0 Å². The number of halogens is 3. The summed E-state index contributed by atoms with van der Waals surface area (Å²) in [6.07, 6.45) is 0.409. The topological polar surface area (TPSA) is 66.1 Å². The summed E-state index contributed by atoms with van der Waals surface area (Å²) in [4.78, 5) is 4.17. The quantitative estimate of drug-likeness (QED) is 0.663. The molecule has 1 fully saturated rings. The fourth-order valence-electron chi connectivity index (χ4n) is 3.76. The second-order valence-electron chi connectivity index (χ2n) is 7.27. The average Bonchev–Trinajstić information content (AvgIpc) is 3.50. The first-order valence-electron chi connectivity index (χ1n) is 9.24. The molecule has 2 aromatic carbocycles. The fraction of sp³-hybridized carbons (Fsp3) is 0.381. The van der Waals surface area contributed by atoms with E-state index >= 15 is 0 Å². The van der Waals surface area contributed by atoms with E-state index < -0.39 is 18.0 Å². The Balaban J connectivity index is 1.50. The number of hydrogen-bond donors (Lipinski definition) is 1. The van der Waals surface area contributed by atoms with Crippen molar-refractivity contribution in [1.82, 2.24) is 0 Å². The lowest BCUT2D eigenvalue weighted by Crippen LogP contribution is -2.39. The minimum absolute atomic E-state index is 0.0937. The van der Waals surface area contributed by atoms with Crippen LogP contribution in [0.4, 0.5) is 8.78 Å². The smallest absolute Gasteiger partial charge is 0.283 e. The molecule has 0 aromatic heterocycles. The lowest BCUT2D eigenvalue weighted by Gasteiger charge is -2.31. The molecule has 0 saturated heterocycles. The highest BCUT2D eigenvalue weighted by atomic mass is 79.9. The first-order chi connectivity index (χ1) is 14.0. The normalized spacial score (nSPS) is 25.0. The summed E-state index contributed by atoms with van der Waals surface area (Å²) < 4.78 is 45.9. The second-order valence-corrected chi connectivity index (χ2v) is 8.13. The highest BCUT2D eigenvalue weighted by Gasteiger charge is 2.60. The fourth-order valence-corrected chi connectivity index (χ4v) is 4.22. The lowest BCUT2D eigenvalue weighted by molar-refractivity contribution is 0.106. The molecular formula is C21H21BrF2N2O3. The summed E-state index contributed by atoms with van der Waals surface area (Å²) >= 11 is 3.46. The Bertz CT molecular complexity index is 938. The van der Waals surface area contributed by atoms with Gasteiger partial charge in [0.15, 0.2) is 0 Å². The summed E-state index contributed by atoms with van der Waals surface area (Å²) in [6, 6.07) is 10.4. The van der Waals surface area contributed by atoms with Crippen molar-refractivity contribution in [3.05, 3.63) is 63.4 Å². The van der Waals surface area contributed by atoms with Crippen LogP contribution in [0, 0.1) is 11.7 Å². The van der Waals surface area contributed by atoms with Gasteiger partial charge in [-0.25, -0.2) is 13.8 Å². The largest absolute Gasteiger partial charge is 0.497 e. The first-order valence-corrected chi connectivity index (χ1v) is 10.0. The molecule has 0 amide bonds. The van der Waals surface area contributed by atoms with Gasteiger partial charge in [0.1, 0.15) is 29.9 Å². The Morgan fingerprint density at radius 2 is 2.03 bits per heavy atom. The summed E-state index contributed by atoms with van der Waals surface area (Å²) in [5.74, 6) is 0.0293. The highest BCUT2D eigenvalue weighted by molar-refractivity contribution is 9.10. The van der Waals surface area contributed by atoms with E-state index in [4.69, 9.17) is 19.9 Å². The molecule has 4 rings (SSSR count). The molecule has 0 spiro atoms. The van der Waals surface area contributed by atoms with Gasteiger partial charge < -0.3 is 19.9 Å². The number of nitrogens with zero attached hydrogens (tertiary/aromatic N) is 1. The van der Waals surface area contributed by atoms with Crippen LogP contribution in [0.2, 0.25) is 0 Å². The molecule has 2 aromatic rings. The van der Waals surface area contributed by atoms with Gasteiger partial charge in [0.25, 0.3) is 6.02 Å². The van der Waals surface area contributed by atoms with E-state index in [0.717, 1.165) is 11.3 Å². The molecule has 0 radical (unpaired) electrons. The predicted molar refractivity (Wildman–Crippen MR) is 108 cm³/mol. The Hall–Kier alpha value is -2.19. The number of aliphatic imine (C=N–C) groups is 1. The van der Waals surface area contributed by atoms with Crippen LogP contribution in [-0.2, 0) is 28.2 Å². The molecule has 0 bridgehead atoms. The number of benzene rings is 2. The number of alkyl halides is 1. The molecule has 1 saturated carbocycles. The first kappa shape index (κ1) is 20.1. The van der Waals surface area contributed by atoms with Gasteiger partial charge in [-0.1, -0.05) is 28.1 Å². The van der Waals surface area contributed by atoms with Crippen LogP contribution in [-0.4, -0.2) is 25.9 Å². The third-order valence-electron chi connectivity index (χ3n) is 5.42. The molecule has 3 atom stereocenters. The molecule has 8 heteroatoms. The van der Waals surface area contributed by atoms with Crippen molar-refractivity contribution in [2.45, 2.75) is 31.3 Å². The molecule has 2 N–H and O–H groups in total. The van der Waals surface area contributed by atoms with E-state index in [-0.39, 0.29) is 30.2 Å². The third-order valence-corrected chi connectivity index (χ3v) is 6.16. The molecule has 1 aliphatic carbocycles. The van der Waals surface area contributed by atoms with E-state index in [1.54, 1.807) is 13.2 Å². The van der Waals surface area contributed by atoms with Gasteiger partial charge in [-0.15, -0.1) is 0 Å². The summed E-state index contributed by atoms with van der Waals surface area (Å²) in [7, 11) is 1.61. The van der Waals surface area contributed by atoms with Gasteiger partial charge in [0, 0.05) is 16.0 Å². The molecule has 1 heterocycles. The number of nitrogens with two attached hydrogens (primary N) is 1. The van der Waals surface area contributed by atoms with Crippen LogP contribution in [0.5, 0.6) is 5.75 Å². The number of hydrogen-bond acceptors (Lipinski definition) is 5. The lowest BCUT2D eigenvalue weighted by atomic mass is 9.85. The predicted octanol–water partition coefficient (Wildman–Crippen LogP) is 4.21. The number of fused-ring (bicyclic) bond motifs is 1. The Morgan fingerprint density at radius 3 is 2.72 bits per heavy atom. The zero-order valence-corrected chi connectivity index (χ0v) is 17.4. The maximum atomic E-state index is 15.0. The maximum Gasteiger partial charge on any atom is 0.283 e. The van der Waals surface area contributed by atoms with Gasteiger partial charge >= 0.3 is 0 Å². The van der Waals surface area contributed by atoms with Gasteiger partial charge in [-0.2, -0.15) is 0 Å². The molecule has 2 aliphatic rings.